The maximum atomic E-state index is 13.7. The van der Waals surface area contributed by atoms with Crippen molar-refractivity contribution in [3.8, 4) is 5.75 Å². The molecule has 1 aromatic carbocycles. The summed E-state index contributed by atoms with van der Waals surface area (Å²) >= 11 is 0. The highest BCUT2D eigenvalue weighted by Gasteiger charge is 2.74. The highest BCUT2D eigenvalue weighted by Crippen LogP contribution is 2.73. The molecule has 2 aliphatic heterocycles. The summed E-state index contributed by atoms with van der Waals surface area (Å²) < 4.78 is 0. The van der Waals surface area contributed by atoms with Gasteiger partial charge < -0.3 is 15.0 Å². The van der Waals surface area contributed by atoms with Gasteiger partial charge in [0.1, 0.15) is 11.4 Å². The van der Waals surface area contributed by atoms with Gasteiger partial charge in [-0.2, -0.15) is 0 Å². The number of phenolic OH excluding ortho intramolecular Hbond substituents is 1. The van der Waals surface area contributed by atoms with E-state index in [9.17, 15) is 14.7 Å². The number of nitrogens with one attached hydrogen (secondary N) is 1. The van der Waals surface area contributed by atoms with E-state index in [1.54, 1.807) is 0 Å². The third kappa shape index (κ3) is 3.19. The van der Waals surface area contributed by atoms with Gasteiger partial charge in [0.15, 0.2) is 0 Å². The average molecular weight is 503 g/mol. The maximum absolute atomic E-state index is 13.7. The second-order valence-electron chi connectivity index (χ2n) is 12.5. The quantitative estimate of drug-likeness (QED) is 0.651. The van der Waals surface area contributed by atoms with Crippen molar-refractivity contribution < 1.29 is 9.90 Å². The minimum atomic E-state index is -0.291. The number of hydrogen-bond acceptors (Lipinski definition) is 5. The Morgan fingerprint density at radius 2 is 2.05 bits per heavy atom. The van der Waals surface area contributed by atoms with Crippen molar-refractivity contribution in [3.05, 3.63) is 57.8 Å². The van der Waals surface area contributed by atoms with Crippen LogP contribution in [0.2, 0.25) is 0 Å². The van der Waals surface area contributed by atoms with Crippen molar-refractivity contribution in [2.24, 2.45) is 23.2 Å². The van der Waals surface area contributed by atoms with Crippen LogP contribution in [-0.4, -0.2) is 62.5 Å². The van der Waals surface area contributed by atoms with E-state index in [1.165, 1.54) is 42.9 Å². The van der Waals surface area contributed by atoms with E-state index in [4.69, 9.17) is 0 Å². The average Bonchev–Trinajstić information content (AvgIpc) is 3.60. The molecule has 3 saturated carbocycles. The van der Waals surface area contributed by atoms with Gasteiger partial charge in [0, 0.05) is 36.7 Å². The van der Waals surface area contributed by atoms with Crippen LogP contribution in [0.1, 0.15) is 74.0 Å². The summed E-state index contributed by atoms with van der Waals surface area (Å²) in [6.45, 7) is 7.74. The molecule has 7 heteroatoms. The van der Waals surface area contributed by atoms with Gasteiger partial charge in [-0.25, -0.2) is 4.98 Å². The lowest BCUT2D eigenvalue weighted by Crippen LogP contribution is -2.66. The first kappa shape index (κ1) is 23.4. The summed E-state index contributed by atoms with van der Waals surface area (Å²) in [5.74, 6) is 1.89. The first-order valence-electron chi connectivity index (χ1n) is 14.3. The second-order valence-corrected chi connectivity index (χ2v) is 12.5. The topological polar surface area (TPSA) is 89.5 Å². The number of likely N-dealkylation sites (tertiary alicyclic amines) is 2. The van der Waals surface area contributed by atoms with Crippen LogP contribution < -0.4 is 5.56 Å². The first-order valence-corrected chi connectivity index (χ1v) is 14.3. The highest BCUT2D eigenvalue weighted by atomic mass is 16.3. The predicted molar refractivity (Wildman–Crippen MR) is 140 cm³/mol. The van der Waals surface area contributed by atoms with Crippen molar-refractivity contribution >= 4 is 5.91 Å². The predicted octanol–water partition coefficient (Wildman–Crippen LogP) is 3.72. The van der Waals surface area contributed by atoms with E-state index in [-0.39, 0.29) is 34.0 Å². The summed E-state index contributed by atoms with van der Waals surface area (Å²) in [4.78, 5) is 37.2. The van der Waals surface area contributed by atoms with Crippen LogP contribution in [0.25, 0.3) is 0 Å². The molecular formula is C30H38N4O3. The van der Waals surface area contributed by atoms with E-state index < -0.39 is 0 Å². The molecule has 5 fully saturated rings. The number of nitrogens with zero attached hydrogens (tertiary/aromatic N) is 3. The lowest BCUT2D eigenvalue weighted by Gasteiger charge is -2.63. The Hall–Kier alpha value is -2.67. The van der Waals surface area contributed by atoms with Crippen LogP contribution in [0.3, 0.4) is 0 Å². The van der Waals surface area contributed by atoms with Crippen LogP contribution in [0.15, 0.2) is 35.4 Å². The van der Waals surface area contributed by atoms with E-state index in [1.807, 2.05) is 6.07 Å². The molecular weight excluding hydrogens is 464 g/mol. The van der Waals surface area contributed by atoms with E-state index in [2.05, 4.69) is 45.7 Å². The Labute approximate surface area is 218 Å². The third-order valence-electron chi connectivity index (χ3n) is 11.2. The number of carbonyl (C=O) groups excluding carboxylic acids is 1. The molecule has 5 aliphatic rings. The van der Waals surface area contributed by atoms with Crippen molar-refractivity contribution in [2.45, 2.75) is 76.3 Å². The smallest absolute Gasteiger partial charge is 0.272 e. The molecule has 0 radical (unpaired) electrons. The van der Waals surface area contributed by atoms with E-state index >= 15 is 0 Å². The number of amides is 1. The second kappa shape index (κ2) is 8.16. The van der Waals surface area contributed by atoms with Gasteiger partial charge in [0.2, 0.25) is 0 Å². The molecule has 5 unspecified atom stereocenters. The Kier molecular flexibility index (Phi) is 5.17. The molecule has 1 aromatic heterocycles. The molecule has 1 amide bonds. The van der Waals surface area contributed by atoms with Crippen LogP contribution >= 0.6 is 0 Å². The van der Waals surface area contributed by atoms with Crippen molar-refractivity contribution in [1.29, 1.82) is 0 Å². The molecule has 2 N–H and O–H groups in total. The first-order chi connectivity index (χ1) is 17.9. The maximum Gasteiger partial charge on any atom is 0.272 e. The molecule has 0 spiro atoms. The summed E-state index contributed by atoms with van der Waals surface area (Å²) in [6.07, 6.45) is 9.32. The Balaban J connectivity index is 1.34. The number of H-pyrrole nitrogens is 1. The minimum absolute atomic E-state index is 0.0548. The van der Waals surface area contributed by atoms with Crippen LogP contribution in [-0.2, 0) is 11.8 Å². The number of aromatic amines is 1. The van der Waals surface area contributed by atoms with Crippen molar-refractivity contribution in [2.75, 3.05) is 19.6 Å². The normalized spacial score (nSPS) is 36.5. The largest absolute Gasteiger partial charge is 0.508 e. The van der Waals surface area contributed by atoms with Gasteiger partial charge in [0.25, 0.3) is 11.5 Å². The number of aryl methyl sites for hydroxylation is 1. The van der Waals surface area contributed by atoms with Gasteiger partial charge in [-0.05, 0) is 105 Å². The van der Waals surface area contributed by atoms with E-state index in [0.717, 1.165) is 51.1 Å². The number of aromatic hydroxyl groups is 1. The van der Waals surface area contributed by atoms with Crippen LogP contribution in [0.4, 0.5) is 0 Å². The fourth-order valence-corrected chi connectivity index (χ4v) is 9.63. The SMILES string of the molecule is CCc1ccc(O)cc1C12CCN(CC3CC3)C(C)C13CCC1C2[C@@H](CN1C(=O)c1cc(=O)[nH]cn1)C3. The molecule has 7 nitrogen and oxygen atoms in total. The minimum Gasteiger partial charge on any atom is -0.508 e. The van der Waals surface area contributed by atoms with Crippen LogP contribution in [0.5, 0.6) is 5.75 Å². The Morgan fingerprint density at radius 1 is 1.22 bits per heavy atom. The number of piperidine rings is 1. The summed E-state index contributed by atoms with van der Waals surface area (Å²) in [7, 11) is 0. The molecule has 3 aliphatic carbocycles. The van der Waals surface area contributed by atoms with Gasteiger partial charge in [-0.15, -0.1) is 0 Å². The zero-order valence-electron chi connectivity index (χ0n) is 21.9. The monoisotopic (exact) mass is 502 g/mol. The van der Waals surface area contributed by atoms with Gasteiger partial charge >= 0.3 is 0 Å². The number of aromatic nitrogens is 2. The Bertz CT molecular complexity index is 1300. The molecule has 7 rings (SSSR count). The van der Waals surface area contributed by atoms with Gasteiger partial charge in [0.05, 0.1) is 6.33 Å². The molecule has 2 saturated heterocycles. The molecule has 2 bridgehead atoms. The molecule has 3 heterocycles. The van der Waals surface area contributed by atoms with Gasteiger partial charge in [-0.3, -0.25) is 14.5 Å². The molecule has 2 aromatic rings. The Morgan fingerprint density at radius 3 is 2.81 bits per heavy atom. The van der Waals surface area contributed by atoms with E-state index in [0.29, 0.717) is 23.6 Å². The molecule has 196 valence electrons. The number of phenols is 1. The summed E-state index contributed by atoms with van der Waals surface area (Å²) in [6, 6.07) is 8.01. The number of rotatable bonds is 5. The number of carbonyl (C=O) groups is 1. The van der Waals surface area contributed by atoms with Crippen molar-refractivity contribution in [1.82, 2.24) is 19.8 Å². The summed E-state index contributed by atoms with van der Waals surface area (Å²) in [5, 5.41) is 10.7. The highest BCUT2D eigenvalue weighted by molar-refractivity contribution is 5.92. The lowest BCUT2D eigenvalue weighted by molar-refractivity contribution is -0.0870. The molecule has 37 heavy (non-hydrogen) atoms. The number of hydrogen-bond donors (Lipinski definition) is 2. The zero-order valence-corrected chi connectivity index (χ0v) is 21.9. The fraction of sp³-hybridized carbons (Fsp3) is 0.633. The third-order valence-corrected chi connectivity index (χ3v) is 11.2. The van der Waals surface area contributed by atoms with Gasteiger partial charge in [-0.1, -0.05) is 13.0 Å². The van der Waals surface area contributed by atoms with Crippen molar-refractivity contribution in [3.63, 3.8) is 0 Å². The summed E-state index contributed by atoms with van der Waals surface area (Å²) in [5.41, 5.74) is 2.73. The fourth-order valence-electron chi connectivity index (χ4n) is 9.63. The van der Waals surface area contributed by atoms with Crippen LogP contribution in [0, 0.1) is 23.2 Å². The lowest BCUT2D eigenvalue weighted by atomic mass is 9.46. The number of benzene rings is 1. The zero-order chi connectivity index (χ0) is 25.5. The molecule has 6 atom stereocenters. The standard InChI is InChI=1S/C30H38N4O3/c1-3-20-6-7-22(35)12-23(20)30-10-11-33(15-19-4-5-19)18(2)29(30)9-8-25-27(30)21(14-29)16-34(25)28(37)24-13-26(36)32-17-31-24/h6-7,12-13,17-19,21,25,27,35H,3-5,8-11,14-16H2,1-2H3,(H,31,32,36)/t18?,21-,25?,27?,29?,30?/m1/s1.